The fourth-order valence-electron chi connectivity index (χ4n) is 3.69. The van der Waals surface area contributed by atoms with Gasteiger partial charge in [0.05, 0.1) is 43.0 Å². The number of nitrogens with zero attached hydrogens (tertiary/aromatic N) is 1. The predicted octanol–water partition coefficient (Wildman–Crippen LogP) is 4.27. The molecule has 0 saturated carbocycles. The quantitative estimate of drug-likeness (QED) is 0.344. The Balaban J connectivity index is 1.60. The van der Waals surface area contributed by atoms with Crippen LogP contribution in [0.5, 0.6) is 17.2 Å². The number of methoxy groups -OCH3 is 3. The van der Waals surface area contributed by atoms with Gasteiger partial charge in [-0.15, -0.1) is 0 Å². The summed E-state index contributed by atoms with van der Waals surface area (Å²) in [4.78, 5) is 12.5. The van der Waals surface area contributed by atoms with Crippen molar-refractivity contribution < 1.29 is 22.6 Å². The molecular formula is C24H23ClN2O6S2. The number of hydrogen-bond acceptors (Lipinski definition) is 7. The summed E-state index contributed by atoms with van der Waals surface area (Å²) in [6.45, 7) is 0.331. The molecular weight excluding hydrogens is 512 g/mol. The van der Waals surface area contributed by atoms with Crippen LogP contribution >= 0.6 is 22.9 Å². The van der Waals surface area contributed by atoms with Gasteiger partial charge in [-0.25, -0.2) is 13.1 Å². The Hall–Kier alpha value is -3.05. The van der Waals surface area contributed by atoms with Crippen molar-refractivity contribution in [2.45, 2.75) is 18.0 Å². The second-order valence-corrected chi connectivity index (χ2v) is 10.7. The molecule has 0 fully saturated rings. The summed E-state index contributed by atoms with van der Waals surface area (Å²) in [5, 5.41) is 0.615. The van der Waals surface area contributed by atoms with Gasteiger partial charge in [0.15, 0.2) is 11.5 Å². The van der Waals surface area contributed by atoms with E-state index in [9.17, 15) is 13.2 Å². The molecule has 0 aliphatic carbocycles. The molecule has 0 radical (unpaired) electrons. The number of ether oxygens (including phenoxy) is 3. The average Bonchev–Trinajstić information content (AvgIpc) is 3.17. The Morgan fingerprint density at radius 2 is 1.66 bits per heavy atom. The van der Waals surface area contributed by atoms with E-state index < -0.39 is 10.0 Å². The van der Waals surface area contributed by atoms with E-state index in [1.54, 1.807) is 34.9 Å². The monoisotopic (exact) mass is 534 g/mol. The number of aromatic nitrogens is 1. The van der Waals surface area contributed by atoms with E-state index in [0.29, 0.717) is 44.6 Å². The molecule has 0 unspecified atom stereocenters. The number of thiazole rings is 1. The van der Waals surface area contributed by atoms with Crippen LogP contribution in [0, 0.1) is 0 Å². The van der Waals surface area contributed by atoms with Crippen LogP contribution in [-0.4, -0.2) is 34.3 Å². The van der Waals surface area contributed by atoms with Crippen LogP contribution < -0.4 is 23.8 Å². The predicted molar refractivity (Wildman–Crippen MR) is 137 cm³/mol. The van der Waals surface area contributed by atoms with E-state index in [2.05, 4.69) is 4.72 Å². The number of sulfonamides is 1. The SMILES string of the molecule is COc1ccc(CNS(=O)(=O)c2ccc3c(c2)sc(=O)n3Cc2ccc(Cl)cc2)c(OC)c1OC. The second-order valence-electron chi connectivity index (χ2n) is 7.53. The first kappa shape index (κ1) is 25.1. The lowest BCUT2D eigenvalue weighted by atomic mass is 10.1. The lowest BCUT2D eigenvalue weighted by Gasteiger charge is -2.16. The number of nitrogens with one attached hydrogen (secondary N) is 1. The van der Waals surface area contributed by atoms with Crippen LogP contribution in [0.1, 0.15) is 11.1 Å². The third-order valence-corrected chi connectivity index (χ3v) is 8.04. The Morgan fingerprint density at radius 1 is 0.943 bits per heavy atom. The van der Waals surface area contributed by atoms with Gasteiger partial charge >= 0.3 is 4.87 Å². The highest BCUT2D eigenvalue weighted by atomic mass is 35.5. The summed E-state index contributed by atoms with van der Waals surface area (Å²) < 4.78 is 46.9. The van der Waals surface area contributed by atoms with Gasteiger partial charge in [-0.1, -0.05) is 41.1 Å². The summed E-state index contributed by atoms with van der Waals surface area (Å²) in [5.41, 5.74) is 2.16. The normalized spacial score (nSPS) is 11.5. The Morgan fingerprint density at radius 3 is 2.31 bits per heavy atom. The largest absolute Gasteiger partial charge is 0.493 e. The first-order valence-electron chi connectivity index (χ1n) is 10.4. The van der Waals surface area contributed by atoms with Gasteiger partial charge < -0.3 is 14.2 Å². The van der Waals surface area contributed by atoms with Crippen LogP contribution in [0.25, 0.3) is 10.2 Å². The van der Waals surface area contributed by atoms with Gasteiger partial charge in [0, 0.05) is 17.1 Å². The smallest absolute Gasteiger partial charge is 0.308 e. The minimum absolute atomic E-state index is 0.0300. The molecule has 0 atom stereocenters. The van der Waals surface area contributed by atoms with Crippen LogP contribution in [-0.2, 0) is 23.1 Å². The van der Waals surface area contributed by atoms with E-state index in [4.69, 9.17) is 25.8 Å². The van der Waals surface area contributed by atoms with Crippen LogP contribution in [0.4, 0.5) is 0 Å². The van der Waals surface area contributed by atoms with Gasteiger partial charge in [-0.2, -0.15) is 0 Å². The van der Waals surface area contributed by atoms with Crippen molar-refractivity contribution in [1.82, 2.24) is 9.29 Å². The molecule has 0 aliphatic heterocycles. The van der Waals surface area contributed by atoms with E-state index in [-0.39, 0.29) is 16.3 Å². The van der Waals surface area contributed by atoms with Crippen molar-refractivity contribution in [3.05, 3.63) is 80.4 Å². The van der Waals surface area contributed by atoms with Gasteiger partial charge in [0.2, 0.25) is 15.8 Å². The van der Waals surface area contributed by atoms with Crippen molar-refractivity contribution in [1.29, 1.82) is 0 Å². The summed E-state index contributed by atoms with van der Waals surface area (Å²) in [5.74, 6) is 1.22. The number of halogens is 1. The molecule has 0 saturated heterocycles. The maximum Gasteiger partial charge on any atom is 0.308 e. The van der Waals surface area contributed by atoms with E-state index in [1.165, 1.54) is 33.5 Å². The fraction of sp³-hybridized carbons (Fsp3) is 0.208. The Bertz CT molecular complexity index is 1530. The molecule has 0 spiro atoms. The van der Waals surface area contributed by atoms with Crippen LogP contribution in [0.15, 0.2) is 64.3 Å². The van der Waals surface area contributed by atoms with E-state index in [0.717, 1.165) is 16.9 Å². The molecule has 0 bridgehead atoms. The lowest BCUT2D eigenvalue weighted by Crippen LogP contribution is -2.23. The third kappa shape index (κ3) is 5.15. The van der Waals surface area contributed by atoms with Crippen molar-refractivity contribution >= 4 is 43.2 Å². The molecule has 3 aromatic carbocycles. The zero-order chi connectivity index (χ0) is 25.2. The van der Waals surface area contributed by atoms with Crippen molar-refractivity contribution in [3.63, 3.8) is 0 Å². The number of hydrogen-bond donors (Lipinski definition) is 1. The van der Waals surface area contributed by atoms with Crippen LogP contribution in [0.2, 0.25) is 5.02 Å². The molecule has 4 rings (SSSR count). The first-order valence-corrected chi connectivity index (χ1v) is 13.1. The van der Waals surface area contributed by atoms with Crippen molar-refractivity contribution in [2.75, 3.05) is 21.3 Å². The zero-order valence-electron chi connectivity index (χ0n) is 19.2. The molecule has 1 N–H and O–H groups in total. The van der Waals surface area contributed by atoms with Crippen molar-refractivity contribution in [2.24, 2.45) is 0 Å². The maximum atomic E-state index is 13.0. The third-order valence-electron chi connectivity index (χ3n) is 5.44. The van der Waals surface area contributed by atoms with Gasteiger partial charge in [-0.3, -0.25) is 9.36 Å². The summed E-state index contributed by atoms with van der Waals surface area (Å²) >= 11 is 6.94. The highest BCUT2D eigenvalue weighted by Crippen LogP contribution is 2.39. The molecule has 1 heterocycles. The topological polar surface area (TPSA) is 95.9 Å². The molecule has 8 nitrogen and oxygen atoms in total. The summed E-state index contributed by atoms with van der Waals surface area (Å²) in [6, 6.07) is 15.3. The minimum Gasteiger partial charge on any atom is -0.493 e. The van der Waals surface area contributed by atoms with Gasteiger partial charge in [-0.05, 0) is 42.0 Å². The summed E-state index contributed by atoms with van der Waals surface area (Å²) in [7, 11) is 0.585. The fourth-order valence-corrected chi connectivity index (χ4v) is 5.86. The molecule has 0 amide bonds. The first-order chi connectivity index (χ1) is 16.8. The van der Waals surface area contributed by atoms with E-state index in [1.807, 2.05) is 12.1 Å². The van der Waals surface area contributed by atoms with E-state index >= 15 is 0 Å². The molecule has 11 heteroatoms. The van der Waals surface area contributed by atoms with Gasteiger partial charge in [0.1, 0.15) is 0 Å². The lowest BCUT2D eigenvalue weighted by molar-refractivity contribution is 0.322. The molecule has 0 aliphatic rings. The molecule has 35 heavy (non-hydrogen) atoms. The number of benzene rings is 3. The number of rotatable bonds is 9. The van der Waals surface area contributed by atoms with Crippen LogP contribution in [0.3, 0.4) is 0 Å². The Labute approximate surface area is 211 Å². The van der Waals surface area contributed by atoms with Crippen molar-refractivity contribution in [3.8, 4) is 17.2 Å². The molecule has 184 valence electrons. The Kier molecular flexibility index (Phi) is 7.36. The average molecular weight is 535 g/mol. The minimum atomic E-state index is -3.87. The highest BCUT2D eigenvalue weighted by molar-refractivity contribution is 7.89. The highest BCUT2D eigenvalue weighted by Gasteiger charge is 2.20. The number of fused-ring (bicyclic) bond motifs is 1. The molecule has 1 aromatic heterocycles. The second kappa shape index (κ2) is 10.3. The summed E-state index contributed by atoms with van der Waals surface area (Å²) in [6.07, 6.45) is 0. The standard InChI is InChI=1S/C24H23ClN2O6S2/c1-31-20-11-6-16(22(32-2)23(20)33-3)13-26-35(29,30)18-9-10-19-21(12-18)34-24(28)27(19)14-15-4-7-17(25)8-5-15/h4-12,26H,13-14H2,1-3H3. The maximum absolute atomic E-state index is 13.0. The zero-order valence-corrected chi connectivity index (χ0v) is 21.6. The molecule has 4 aromatic rings. The van der Waals surface area contributed by atoms with Gasteiger partial charge in [0.25, 0.3) is 0 Å².